The van der Waals surface area contributed by atoms with Crippen molar-refractivity contribution in [1.82, 2.24) is 0 Å². The molecule has 0 bridgehead atoms. The van der Waals surface area contributed by atoms with Gasteiger partial charge in [-0.1, -0.05) is 29.8 Å². The van der Waals surface area contributed by atoms with Crippen molar-refractivity contribution < 1.29 is 19.1 Å². The maximum absolute atomic E-state index is 14.0. The van der Waals surface area contributed by atoms with Gasteiger partial charge in [0.15, 0.2) is 0 Å². The lowest BCUT2D eigenvalue weighted by Crippen LogP contribution is -2.50. The number of fused-ring (bicyclic) bond motifs is 2. The third-order valence-electron chi connectivity index (χ3n) is 5.82. The Morgan fingerprint density at radius 1 is 1.06 bits per heavy atom. The standard InChI is InChI=1S/C25H20ClN3O4S/c1-33-19-12-10-18(11-13-19)29-23(31)15-34-25(29)20-4-2-3-5-21(20)28(24(25)32)14-22(30)27-17-8-6-16(26)7-9-17/h2-13H,14-15H2,1H3,(H,27,30). The monoisotopic (exact) mass is 493 g/mol. The summed E-state index contributed by atoms with van der Waals surface area (Å²) in [5, 5.41) is 3.36. The number of nitrogens with zero attached hydrogens (tertiary/aromatic N) is 2. The molecular weight excluding hydrogens is 474 g/mol. The highest BCUT2D eigenvalue weighted by atomic mass is 35.5. The molecule has 0 radical (unpaired) electrons. The van der Waals surface area contributed by atoms with E-state index in [1.165, 1.54) is 21.6 Å². The number of benzene rings is 3. The summed E-state index contributed by atoms with van der Waals surface area (Å²) >= 11 is 7.18. The average Bonchev–Trinajstić information content (AvgIpc) is 3.31. The Morgan fingerprint density at radius 3 is 2.47 bits per heavy atom. The maximum Gasteiger partial charge on any atom is 0.269 e. The van der Waals surface area contributed by atoms with Crippen molar-refractivity contribution in [2.45, 2.75) is 4.87 Å². The molecule has 1 atom stereocenters. The highest BCUT2D eigenvalue weighted by molar-refractivity contribution is 8.02. The summed E-state index contributed by atoms with van der Waals surface area (Å²) in [5.74, 6) is -0.0577. The highest BCUT2D eigenvalue weighted by Gasteiger charge is 2.61. The van der Waals surface area contributed by atoms with E-state index in [0.717, 1.165) is 0 Å². The van der Waals surface area contributed by atoms with Gasteiger partial charge in [0.05, 0.1) is 18.6 Å². The van der Waals surface area contributed by atoms with Gasteiger partial charge in [0.25, 0.3) is 5.91 Å². The van der Waals surface area contributed by atoms with E-state index in [4.69, 9.17) is 16.3 Å². The number of thioether (sulfide) groups is 1. The van der Waals surface area contributed by atoms with E-state index in [2.05, 4.69) is 5.32 Å². The molecule has 3 amide bonds. The Hall–Kier alpha value is -3.49. The van der Waals surface area contributed by atoms with E-state index >= 15 is 0 Å². The Labute approximate surface area is 205 Å². The van der Waals surface area contributed by atoms with E-state index < -0.39 is 4.87 Å². The number of methoxy groups -OCH3 is 1. The molecular formula is C25H20ClN3O4S. The molecule has 7 nitrogen and oxygen atoms in total. The van der Waals surface area contributed by atoms with E-state index in [1.807, 2.05) is 18.2 Å². The fourth-order valence-electron chi connectivity index (χ4n) is 4.32. The number of hydrogen-bond acceptors (Lipinski definition) is 5. The van der Waals surface area contributed by atoms with Crippen LogP contribution in [-0.2, 0) is 19.3 Å². The molecule has 3 aromatic rings. The molecule has 1 unspecified atom stereocenters. The minimum absolute atomic E-state index is 0.150. The van der Waals surface area contributed by atoms with Gasteiger partial charge in [-0.3, -0.25) is 24.2 Å². The number of halogens is 1. The van der Waals surface area contributed by atoms with E-state index in [0.29, 0.717) is 33.4 Å². The summed E-state index contributed by atoms with van der Waals surface area (Å²) in [4.78, 5) is 41.6. The lowest BCUT2D eigenvalue weighted by molar-refractivity contribution is -0.124. The van der Waals surface area contributed by atoms with E-state index in [-0.39, 0.29) is 30.0 Å². The lowest BCUT2D eigenvalue weighted by atomic mass is 10.0. The highest BCUT2D eigenvalue weighted by Crippen LogP contribution is 2.55. The number of hydrogen-bond donors (Lipinski definition) is 1. The summed E-state index contributed by atoms with van der Waals surface area (Å²) in [6.45, 7) is -0.189. The molecule has 1 saturated heterocycles. The zero-order valence-corrected chi connectivity index (χ0v) is 19.7. The molecule has 2 heterocycles. The van der Waals surface area contributed by atoms with Crippen LogP contribution in [0.4, 0.5) is 17.1 Å². The molecule has 1 N–H and O–H groups in total. The molecule has 172 valence electrons. The summed E-state index contributed by atoms with van der Waals surface area (Å²) in [6, 6.07) is 21.0. The predicted octanol–water partition coefficient (Wildman–Crippen LogP) is 4.27. The van der Waals surface area contributed by atoms with Crippen LogP contribution in [0, 0.1) is 0 Å². The first kappa shape index (κ1) is 22.3. The largest absolute Gasteiger partial charge is 0.497 e. The number of anilines is 3. The van der Waals surface area contributed by atoms with Crippen molar-refractivity contribution in [2.75, 3.05) is 34.5 Å². The van der Waals surface area contributed by atoms with Gasteiger partial charge in [-0.25, -0.2) is 0 Å². The second kappa shape index (κ2) is 8.70. The van der Waals surface area contributed by atoms with Crippen LogP contribution in [0.1, 0.15) is 5.56 Å². The van der Waals surface area contributed by atoms with E-state index in [9.17, 15) is 14.4 Å². The normalized spacial score (nSPS) is 19.0. The molecule has 1 fully saturated rings. The molecule has 0 saturated carbocycles. The number of amides is 3. The topological polar surface area (TPSA) is 79.0 Å². The van der Waals surface area contributed by atoms with Crippen molar-refractivity contribution in [3.05, 3.63) is 83.4 Å². The fourth-order valence-corrected chi connectivity index (χ4v) is 5.81. The smallest absolute Gasteiger partial charge is 0.269 e. The molecule has 3 aromatic carbocycles. The summed E-state index contributed by atoms with van der Waals surface area (Å²) < 4.78 is 5.23. The molecule has 5 rings (SSSR count). The van der Waals surface area contributed by atoms with Crippen LogP contribution in [-0.4, -0.2) is 37.1 Å². The predicted molar refractivity (Wildman–Crippen MR) is 133 cm³/mol. The van der Waals surface area contributed by atoms with E-state index in [1.54, 1.807) is 61.7 Å². The summed E-state index contributed by atoms with van der Waals surface area (Å²) in [7, 11) is 1.57. The van der Waals surface area contributed by atoms with Gasteiger partial charge in [0, 0.05) is 22.0 Å². The quantitative estimate of drug-likeness (QED) is 0.574. The number of para-hydroxylation sites is 1. The Morgan fingerprint density at radius 2 is 1.76 bits per heavy atom. The Bertz CT molecular complexity index is 1280. The molecule has 9 heteroatoms. The maximum atomic E-state index is 14.0. The third-order valence-corrected chi connectivity index (χ3v) is 7.46. The molecule has 0 aliphatic carbocycles. The zero-order valence-electron chi connectivity index (χ0n) is 18.2. The van der Waals surface area contributed by atoms with Crippen LogP contribution in [0.25, 0.3) is 0 Å². The van der Waals surface area contributed by atoms with Crippen LogP contribution in [0.15, 0.2) is 72.8 Å². The number of carbonyl (C=O) groups is 3. The van der Waals surface area contributed by atoms with Crippen molar-refractivity contribution >= 4 is 58.1 Å². The van der Waals surface area contributed by atoms with Crippen LogP contribution >= 0.6 is 23.4 Å². The molecule has 2 aliphatic heterocycles. The van der Waals surface area contributed by atoms with Crippen LogP contribution < -0.4 is 19.9 Å². The van der Waals surface area contributed by atoms with Gasteiger partial charge in [-0.2, -0.15) is 0 Å². The summed E-state index contributed by atoms with van der Waals surface area (Å²) in [5.41, 5.74) is 2.46. The van der Waals surface area contributed by atoms with Crippen molar-refractivity contribution in [3.63, 3.8) is 0 Å². The van der Waals surface area contributed by atoms with Gasteiger partial charge in [0.2, 0.25) is 16.7 Å². The number of nitrogens with one attached hydrogen (secondary N) is 1. The second-order valence-electron chi connectivity index (χ2n) is 7.82. The first-order chi connectivity index (χ1) is 16.4. The molecule has 1 spiro atoms. The van der Waals surface area contributed by atoms with Crippen LogP contribution in [0.3, 0.4) is 0 Å². The lowest BCUT2D eigenvalue weighted by Gasteiger charge is -2.33. The third kappa shape index (κ3) is 3.59. The Balaban J connectivity index is 1.50. The first-order valence-corrected chi connectivity index (χ1v) is 11.9. The molecule has 0 aromatic heterocycles. The van der Waals surface area contributed by atoms with Crippen molar-refractivity contribution in [2.24, 2.45) is 0 Å². The Kier molecular flexibility index (Phi) is 5.71. The number of ether oxygens (including phenoxy) is 1. The summed E-state index contributed by atoms with van der Waals surface area (Å²) in [6.07, 6.45) is 0. The minimum atomic E-state index is -1.27. The van der Waals surface area contributed by atoms with Crippen LogP contribution in [0.2, 0.25) is 5.02 Å². The second-order valence-corrected chi connectivity index (χ2v) is 9.43. The SMILES string of the molecule is COc1ccc(N2C(=O)CSC23C(=O)N(CC(=O)Nc2ccc(Cl)cc2)c2ccccc23)cc1. The molecule has 2 aliphatic rings. The van der Waals surface area contributed by atoms with Crippen LogP contribution in [0.5, 0.6) is 5.75 Å². The van der Waals surface area contributed by atoms with Crippen molar-refractivity contribution in [3.8, 4) is 5.75 Å². The van der Waals surface area contributed by atoms with Gasteiger partial charge >= 0.3 is 0 Å². The average molecular weight is 494 g/mol. The van der Waals surface area contributed by atoms with Crippen molar-refractivity contribution in [1.29, 1.82) is 0 Å². The number of carbonyl (C=O) groups excluding carboxylic acids is 3. The minimum Gasteiger partial charge on any atom is -0.497 e. The fraction of sp³-hybridized carbons (Fsp3) is 0.160. The van der Waals surface area contributed by atoms with Gasteiger partial charge in [0.1, 0.15) is 12.3 Å². The molecule has 34 heavy (non-hydrogen) atoms. The van der Waals surface area contributed by atoms with Gasteiger partial charge in [-0.05, 0) is 54.6 Å². The number of rotatable bonds is 5. The first-order valence-electron chi connectivity index (χ1n) is 10.5. The van der Waals surface area contributed by atoms with Gasteiger partial charge < -0.3 is 10.1 Å². The zero-order chi connectivity index (χ0) is 23.9. The van der Waals surface area contributed by atoms with Gasteiger partial charge in [-0.15, -0.1) is 11.8 Å².